The van der Waals surface area contributed by atoms with Gasteiger partial charge in [0, 0.05) is 0 Å². The van der Waals surface area contributed by atoms with Crippen LogP contribution in [0.25, 0.3) is 0 Å². The number of rotatable bonds is 0. The minimum atomic E-state index is -2.92. The van der Waals surface area contributed by atoms with Crippen molar-refractivity contribution >= 4 is 14.6 Å². The van der Waals surface area contributed by atoms with Crippen molar-refractivity contribution in [2.24, 2.45) is 0 Å². The maximum Gasteiger partial charge on any atom is 1.00 e. The zero-order chi connectivity index (χ0) is 7.15. The molecule has 0 fully saturated rings. The van der Waals surface area contributed by atoms with E-state index in [2.05, 4.69) is 0 Å². The van der Waals surface area contributed by atoms with E-state index >= 15 is 0 Å². The Balaban J connectivity index is -0.0000000171. The number of hydrogen-bond donors (Lipinski definition) is 3. The first-order chi connectivity index (χ1) is 3.46. The van der Waals surface area contributed by atoms with Crippen LogP contribution in [0.1, 0.15) is 0 Å². The molecule has 0 aromatic heterocycles. The summed E-state index contributed by atoms with van der Waals surface area (Å²) in [5.74, 6) is 0. The summed E-state index contributed by atoms with van der Waals surface area (Å²) in [7, 11) is -5.08. The second-order valence-corrected chi connectivity index (χ2v) is 0.635. The van der Waals surface area contributed by atoms with E-state index < -0.39 is 14.6 Å². The van der Waals surface area contributed by atoms with Crippen molar-refractivity contribution in [3.05, 3.63) is 0 Å². The molecule has 11 heteroatoms. The average Bonchev–Trinajstić information content (AvgIpc) is 1.25. The third-order valence-corrected chi connectivity index (χ3v) is 0. The maximum atomic E-state index is 8.42. The Bertz CT molecular complexity index is 31.3. The molecule has 0 bridgehead atoms. The summed E-state index contributed by atoms with van der Waals surface area (Å²) in [5, 5.41) is 46.7. The van der Waals surface area contributed by atoms with Crippen LogP contribution in [0.2, 0.25) is 0 Å². The molecule has 0 amide bonds. The van der Waals surface area contributed by atoms with Crippen molar-refractivity contribution in [2.75, 3.05) is 0 Å². The summed E-state index contributed by atoms with van der Waals surface area (Å²) in [4.78, 5) is 0. The van der Waals surface area contributed by atoms with Gasteiger partial charge in [0.1, 0.15) is 0 Å². The largest absolute Gasteiger partial charge is 1.00 e. The third kappa shape index (κ3) is 183. The van der Waals surface area contributed by atoms with E-state index in [9.17, 15) is 0 Å². The summed E-state index contributed by atoms with van der Waals surface area (Å²) in [5.41, 5.74) is 0. The summed E-state index contributed by atoms with van der Waals surface area (Å²) >= 11 is 0. The van der Waals surface area contributed by atoms with Gasteiger partial charge in [0.25, 0.3) is 0 Å². The van der Waals surface area contributed by atoms with Crippen LogP contribution in [-0.2, 0) is 0 Å². The molecule has 6 nitrogen and oxygen atoms in total. The van der Waals surface area contributed by atoms with Crippen molar-refractivity contribution in [3.63, 3.8) is 0 Å². The van der Waals surface area contributed by atoms with E-state index in [0.29, 0.717) is 0 Å². The van der Waals surface area contributed by atoms with Crippen LogP contribution in [0.15, 0.2) is 0 Å². The van der Waals surface area contributed by atoms with Crippen LogP contribution in [0.4, 0.5) is 0 Å². The van der Waals surface area contributed by atoms with E-state index in [-0.39, 0.29) is 88.7 Å². The molecule has 0 heterocycles. The Morgan fingerprint density at radius 2 is 0.727 bits per heavy atom. The Hall–Kier alpha value is 2.89. The Labute approximate surface area is 131 Å². The van der Waals surface area contributed by atoms with Gasteiger partial charge in [-0.05, 0) is 0 Å². The van der Waals surface area contributed by atoms with Crippen LogP contribution >= 0.6 is 0 Å². The Kier molecular flexibility index (Phi) is 61.2. The van der Waals surface area contributed by atoms with Gasteiger partial charge in [-0.15, -0.1) is 0 Å². The van der Waals surface area contributed by atoms with Gasteiger partial charge in [-0.3, -0.25) is 7.32 Å². The molecule has 0 aromatic carbocycles. The molecule has 0 unspecified atom stereocenters. The van der Waals surface area contributed by atoms with E-state index in [1.54, 1.807) is 0 Å². The molecule has 48 valence electrons. The fraction of sp³-hybridized carbons (Fsp3) is 0. The molecule has 0 atom stereocenters. The van der Waals surface area contributed by atoms with E-state index in [0.717, 1.165) is 0 Å². The van der Waals surface area contributed by atoms with Gasteiger partial charge in [0.15, 0.2) is 0 Å². The van der Waals surface area contributed by atoms with Crippen molar-refractivity contribution < 1.29 is 119 Å². The normalized spacial score (nSPS) is 4.91. The van der Waals surface area contributed by atoms with Crippen molar-refractivity contribution in [2.45, 2.75) is 0 Å². The second-order valence-electron chi connectivity index (χ2n) is 0.635. The fourth-order valence-corrected chi connectivity index (χ4v) is 0. The molecule has 0 saturated carbocycles. The van der Waals surface area contributed by atoms with Crippen LogP contribution in [0, 0.1) is 0 Å². The second kappa shape index (κ2) is 23.1. The van der Waals surface area contributed by atoms with E-state index in [4.69, 9.17) is 30.1 Å². The van der Waals surface area contributed by atoms with Gasteiger partial charge >= 0.3 is 96.0 Å². The average molecular weight is 190 g/mol. The molecule has 11 heavy (non-hydrogen) atoms. The molecule has 0 rings (SSSR count). The van der Waals surface area contributed by atoms with Gasteiger partial charge < -0.3 is 30.1 Å². The van der Waals surface area contributed by atoms with Crippen molar-refractivity contribution in [1.82, 2.24) is 0 Å². The molecule has 0 aromatic rings. The van der Waals surface area contributed by atoms with Gasteiger partial charge in [0.05, 0.1) is 0 Å². The van der Waals surface area contributed by atoms with Gasteiger partial charge in [-0.1, -0.05) is 0 Å². The summed E-state index contributed by atoms with van der Waals surface area (Å²) in [6.45, 7) is 0. The standard InChI is InChI=1S/BH3O3.BO3.3Na/c2*2-1(3)4;;;/h2-4H;;;;/q;-3;3*+1. The van der Waals surface area contributed by atoms with Crippen LogP contribution in [-0.4, -0.2) is 29.7 Å². The fourth-order valence-electron chi connectivity index (χ4n) is 0. The topological polar surface area (TPSA) is 130 Å². The molecule has 0 aliphatic heterocycles. The molecule has 0 saturated heterocycles. The molecular formula is H3B2Na3O6. The van der Waals surface area contributed by atoms with E-state index in [1.807, 2.05) is 0 Å². The molecule has 0 aliphatic rings. The quantitative estimate of drug-likeness (QED) is 0.325. The zero-order valence-corrected chi connectivity index (χ0v) is 12.7. The minimum absolute atomic E-state index is 0. The minimum Gasteiger partial charge on any atom is -0.907 e. The smallest absolute Gasteiger partial charge is 0.907 e. The first kappa shape index (κ1) is 29.2. The Morgan fingerprint density at radius 3 is 0.727 bits per heavy atom. The summed E-state index contributed by atoms with van der Waals surface area (Å²) in [6, 6.07) is 0. The molecule has 0 aliphatic carbocycles. The van der Waals surface area contributed by atoms with Gasteiger partial charge in [-0.25, -0.2) is 0 Å². The van der Waals surface area contributed by atoms with Crippen LogP contribution < -0.4 is 104 Å². The SMILES string of the molecule is OB(O)O.[Na+].[Na+].[Na+].[O-]B([O-])[O-]. The van der Waals surface area contributed by atoms with Gasteiger partial charge in [-0.2, -0.15) is 0 Å². The third-order valence-electron chi connectivity index (χ3n) is 0. The molecule has 0 spiro atoms. The predicted molar refractivity (Wildman–Crippen MR) is 18.2 cm³/mol. The van der Waals surface area contributed by atoms with Gasteiger partial charge in [0.2, 0.25) is 0 Å². The first-order valence-electron chi connectivity index (χ1n) is 1.48. The number of hydrogen-bond acceptors (Lipinski definition) is 6. The van der Waals surface area contributed by atoms with Crippen molar-refractivity contribution in [3.8, 4) is 0 Å². The molecule has 0 radical (unpaired) electrons. The monoisotopic (exact) mass is 190 g/mol. The predicted octanol–water partition coefficient (Wildman–Crippen LogP) is -15.0. The molecular weight excluding hydrogens is 187 g/mol. The Morgan fingerprint density at radius 1 is 0.727 bits per heavy atom. The van der Waals surface area contributed by atoms with Crippen molar-refractivity contribution in [1.29, 1.82) is 0 Å². The zero-order valence-electron chi connectivity index (χ0n) is 6.72. The van der Waals surface area contributed by atoms with E-state index in [1.165, 1.54) is 0 Å². The summed E-state index contributed by atoms with van der Waals surface area (Å²) in [6.07, 6.45) is 0. The van der Waals surface area contributed by atoms with Crippen LogP contribution in [0.5, 0.6) is 0 Å². The summed E-state index contributed by atoms with van der Waals surface area (Å²) < 4.78 is 0. The first-order valence-corrected chi connectivity index (χ1v) is 1.48. The maximum absolute atomic E-state index is 8.42. The van der Waals surface area contributed by atoms with Crippen LogP contribution in [0.3, 0.4) is 0 Å². The molecule has 3 N–H and O–H groups in total.